The Kier molecular flexibility index (Phi) is 3.25. The van der Waals surface area contributed by atoms with Crippen molar-refractivity contribution in [2.45, 2.75) is 38.3 Å². The van der Waals surface area contributed by atoms with E-state index >= 15 is 0 Å². The van der Waals surface area contributed by atoms with E-state index in [-0.39, 0.29) is 24.1 Å². The molecule has 0 unspecified atom stereocenters. The molecule has 2 aromatic heterocycles. The van der Waals surface area contributed by atoms with Gasteiger partial charge in [0.1, 0.15) is 18.3 Å². The fourth-order valence-corrected chi connectivity index (χ4v) is 2.68. The Morgan fingerprint density at radius 3 is 2.95 bits per heavy atom. The largest absolute Gasteiger partial charge is 0.352 e. The van der Waals surface area contributed by atoms with E-state index < -0.39 is 0 Å². The maximum atomic E-state index is 12.2. The van der Waals surface area contributed by atoms with Crippen LogP contribution in [0.5, 0.6) is 0 Å². The lowest BCUT2D eigenvalue weighted by Gasteiger charge is -2.12. The van der Waals surface area contributed by atoms with Crippen LogP contribution in [0.1, 0.15) is 25.7 Å². The van der Waals surface area contributed by atoms with Crippen molar-refractivity contribution >= 4 is 16.9 Å². The zero-order valence-corrected chi connectivity index (χ0v) is 11.4. The first-order valence-electron chi connectivity index (χ1n) is 6.81. The molecule has 1 saturated carbocycles. The number of amides is 1. The third-order valence-corrected chi connectivity index (χ3v) is 3.75. The molecule has 0 spiro atoms. The van der Waals surface area contributed by atoms with Crippen LogP contribution in [-0.2, 0) is 18.4 Å². The van der Waals surface area contributed by atoms with Gasteiger partial charge < -0.3 is 5.32 Å². The Morgan fingerprint density at radius 2 is 2.20 bits per heavy atom. The van der Waals surface area contributed by atoms with Gasteiger partial charge in [-0.15, -0.1) is 0 Å². The van der Waals surface area contributed by atoms with Gasteiger partial charge in [0, 0.05) is 13.1 Å². The molecule has 2 heterocycles. The number of hydrogen-bond donors (Lipinski definition) is 1. The number of carbonyl (C=O) groups excluding carboxylic acids is 1. The van der Waals surface area contributed by atoms with Crippen molar-refractivity contribution in [3.05, 3.63) is 22.9 Å². The molecule has 0 saturated heterocycles. The highest BCUT2D eigenvalue weighted by molar-refractivity contribution is 5.77. The molecule has 1 aliphatic rings. The van der Waals surface area contributed by atoms with Crippen molar-refractivity contribution in [2.75, 3.05) is 0 Å². The van der Waals surface area contributed by atoms with Gasteiger partial charge >= 0.3 is 0 Å². The summed E-state index contributed by atoms with van der Waals surface area (Å²) < 4.78 is 2.87. The second-order valence-electron chi connectivity index (χ2n) is 5.23. The van der Waals surface area contributed by atoms with E-state index in [4.69, 9.17) is 0 Å². The summed E-state index contributed by atoms with van der Waals surface area (Å²) in [4.78, 5) is 28.3. The molecule has 1 N–H and O–H groups in total. The Hall–Kier alpha value is -2.18. The molecule has 1 amide bonds. The van der Waals surface area contributed by atoms with E-state index in [1.807, 2.05) is 0 Å². The second kappa shape index (κ2) is 5.07. The summed E-state index contributed by atoms with van der Waals surface area (Å²) in [5.74, 6) is -0.135. The average Bonchev–Trinajstić information content (AvgIpc) is 3.04. The summed E-state index contributed by atoms with van der Waals surface area (Å²) in [7, 11) is 1.73. The molecule has 1 fully saturated rings. The third-order valence-electron chi connectivity index (χ3n) is 3.75. The molecule has 7 nitrogen and oxygen atoms in total. The summed E-state index contributed by atoms with van der Waals surface area (Å²) in [5.41, 5.74) is 0.298. The molecule has 106 valence electrons. The Labute approximate surface area is 115 Å². The molecule has 0 atom stereocenters. The lowest BCUT2D eigenvalue weighted by Crippen LogP contribution is -2.37. The summed E-state index contributed by atoms with van der Waals surface area (Å²) >= 11 is 0. The fourth-order valence-electron chi connectivity index (χ4n) is 2.68. The standard InChI is InChI=1S/C13H17N5O2/c1-17-12-10(6-15-17)13(20)18(8-14-12)7-11(19)16-9-4-2-3-5-9/h6,8-9H,2-5,7H2,1H3,(H,16,19). The zero-order valence-electron chi connectivity index (χ0n) is 11.4. The molecule has 2 aromatic rings. The van der Waals surface area contributed by atoms with Crippen LogP contribution in [0.4, 0.5) is 0 Å². The van der Waals surface area contributed by atoms with Crippen molar-refractivity contribution in [3.63, 3.8) is 0 Å². The first-order valence-corrected chi connectivity index (χ1v) is 6.81. The third kappa shape index (κ3) is 2.31. The number of nitrogens with zero attached hydrogens (tertiary/aromatic N) is 4. The Morgan fingerprint density at radius 1 is 1.45 bits per heavy atom. The zero-order chi connectivity index (χ0) is 14.1. The maximum absolute atomic E-state index is 12.2. The van der Waals surface area contributed by atoms with Crippen LogP contribution in [-0.4, -0.2) is 31.3 Å². The van der Waals surface area contributed by atoms with E-state index in [1.165, 1.54) is 17.1 Å². The minimum absolute atomic E-state index is 0.00711. The molecule has 3 rings (SSSR count). The van der Waals surface area contributed by atoms with E-state index in [9.17, 15) is 9.59 Å². The lowest BCUT2D eigenvalue weighted by molar-refractivity contribution is -0.122. The number of hydrogen-bond acceptors (Lipinski definition) is 4. The topological polar surface area (TPSA) is 81.8 Å². The van der Waals surface area contributed by atoms with Gasteiger partial charge in [0.2, 0.25) is 5.91 Å². The van der Waals surface area contributed by atoms with Crippen LogP contribution in [0.3, 0.4) is 0 Å². The van der Waals surface area contributed by atoms with Gasteiger partial charge in [-0.05, 0) is 12.8 Å². The summed E-state index contributed by atoms with van der Waals surface area (Å²) in [5, 5.41) is 7.39. The van der Waals surface area contributed by atoms with Gasteiger partial charge in [0.15, 0.2) is 5.65 Å². The SMILES string of the molecule is Cn1ncc2c(=O)n(CC(=O)NC3CCCC3)cnc21. The minimum atomic E-state index is -0.232. The predicted octanol–water partition coefficient (Wildman–Crippen LogP) is 0.189. The van der Waals surface area contributed by atoms with Crippen LogP contribution in [0.25, 0.3) is 11.0 Å². The maximum Gasteiger partial charge on any atom is 0.264 e. The predicted molar refractivity (Wildman–Crippen MR) is 73.2 cm³/mol. The van der Waals surface area contributed by atoms with Crippen molar-refractivity contribution in [1.29, 1.82) is 0 Å². The van der Waals surface area contributed by atoms with Gasteiger partial charge in [-0.25, -0.2) is 4.98 Å². The first kappa shape index (κ1) is 12.8. The smallest absolute Gasteiger partial charge is 0.264 e. The molecule has 0 radical (unpaired) electrons. The number of rotatable bonds is 3. The van der Waals surface area contributed by atoms with Gasteiger partial charge in [-0.3, -0.25) is 18.8 Å². The van der Waals surface area contributed by atoms with Crippen LogP contribution >= 0.6 is 0 Å². The number of aryl methyl sites for hydroxylation is 1. The molecular weight excluding hydrogens is 258 g/mol. The van der Waals surface area contributed by atoms with Crippen LogP contribution in [0.15, 0.2) is 17.3 Å². The molecule has 0 aliphatic heterocycles. The van der Waals surface area contributed by atoms with Crippen LogP contribution in [0, 0.1) is 0 Å². The molecule has 1 aliphatic carbocycles. The monoisotopic (exact) mass is 275 g/mol. The van der Waals surface area contributed by atoms with E-state index in [1.54, 1.807) is 11.7 Å². The molecule has 0 aromatic carbocycles. The molecular formula is C13H17N5O2. The van der Waals surface area contributed by atoms with E-state index in [0.29, 0.717) is 11.0 Å². The van der Waals surface area contributed by atoms with Gasteiger partial charge in [-0.1, -0.05) is 12.8 Å². The Balaban J connectivity index is 1.78. The van der Waals surface area contributed by atoms with Crippen molar-refractivity contribution in [2.24, 2.45) is 7.05 Å². The highest BCUT2D eigenvalue weighted by Gasteiger charge is 2.18. The number of aromatic nitrogens is 4. The summed E-state index contributed by atoms with van der Waals surface area (Å²) in [6.07, 6.45) is 7.26. The number of carbonyl (C=O) groups is 1. The lowest BCUT2D eigenvalue weighted by atomic mass is 10.2. The number of fused-ring (bicyclic) bond motifs is 1. The van der Waals surface area contributed by atoms with Crippen LogP contribution in [0.2, 0.25) is 0 Å². The molecule has 20 heavy (non-hydrogen) atoms. The molecule has 0 bridgehead atoms. The Bertz CT molecular complexity index is 696. The highest BCUT2D eigenvalue weighted by Crippen LogP contribution is 2.17. The summed E-state index contributed by atoms with van der Waals surface area (Å²) in [6, 6.07) is 0.258. The quantitative estimate of drug-likeness (QED) is 0.867. The van der Waals surface area contributed by atoms with Crippen molar-refractivity contribution in [3.8, 4) is 0 Å². The fraction of sp³-hybridized carbons (Fsp3) is 0.538. The normalized spacial score (nSPS) is 15.8. The second-order valence-corrected chi connectivity index (χ2v) is 5.23. The van der Waals surface area contributed by atoms with Gasteiger partial charge in [-0.2, -0.15) is 5.10 Å². The van der Waals surface area contributed by atoms with E-state index in [2.05, 4.69) is 15.4 Å². The van der Waals surface area contributed by atoms with Crippen LogP contribution < -0.4 is 10.9 Å². The van der Waals surface area contributed by atoms with Crippen molar-refractivity contribution in [1.82, 2.24) is 24.6 Å². The minimum Gasteiger partial charge on any atom is -0.352 e. The van der Waals surface area contributed by atoms with Gasteiger partial charge in [0.05, 0.1) is 6.20 Å². The first-order chi connectivity index (χ1) is 9.65. The average molecular weight is 275 g/mol. The highest BCUT2D eigenvalue weighted by atomic mass is 16.2. The van der Waals surface area contributed by atoms with Crippen molar-refractivity contribution < 1.29 is 4.79 Å². The van der Waals surface area contributed by atoms with E-state index in [0.717, 1.165) is 25.7 Å². The van der Waals surface area contributed by atoms with Gasteiger partial charge in [0.25, 0.3) is 5.56 Å². The molecule has 7 heteroatoms. The summed E-state index contributed by atoms with van der Waals surface area (Å²) in [6.45, 7) is 0.00711. The number of nitrogens with one attached hydrogen (secondary N) is 1.